The molecule has 1 aromatic rings. The maximum Gasteiger partial charge on any atom is 0.0528 e. The van der Waals surface area contributed by atoms with Gasteiger partial charge in [0.15, 0.2) is 0 Å². The number of rotatable bonds is 3. The van der Waals surface area contributed by atoms with Crippen LogP contribution in [0, 0.1) is 9.49 Å². The Morgan fingerprint density at radius 1 is 1.19 bits per heavy atom. The van der Waals surface area contributed by atoms with Gasteiger partial charge in [0.25, 0.3) is 0 Å². The predicted octanol–water partition coefficient (Wildman–Crippen LogP) is 2.34. The Morgan fingerprint density at radius 3 is 2.44 bits per heavy atom. The molecule has 2 aliphatic rings. The van der Waals surface area contributed by atoms with Crippen LogP contribution in [-0.2, 0) is 4.74 Å². The van der Waals surface area contributed by atoms with Crippen LogP contribution in [0.25, 0.3) is 0 Å². The highest BCUT2D eigenvalue weighted by Crippen LogP contribution is 2.28. The van der Waals surface area contributed by atoms with Crippen molar-refractivity contribution in [3.63, 3.8) is 0 Å². The Bertz CT molecular complexity index is 355. The summed E-state index contributed by atoms with van der Waals surface area (Å²) in [6, 6.07) is 8.96. The molecule has 0 N–H and O–H groups in total. The van der Waals surface area contributed by atoms with Crippen molar-refractivity contribution in [2.45, 2.75) is 5.92 Å². The molecule has 0 saturated carbocycles. The van der Waals surface area contributed by atoms with Crippen molar-refractivity contribution >= 4 is 22.6 Å². The predicted molar refractivity (Wildman–Crippen MR) is 72.6 cm³/mol. The maximum atomic E-state index is 5.20. The van der Waals surface area contributed by atoms with Gasteiger partial charge in [-0.1, -0.05) is 12.1 Å². The number of nitrogens with zero attached hydrogens (tertiary/aromatic N) is 1. The first-order valence-corrected chi connectivity index (χ1v) is 6.95. The molecule has 2 fully saturated rings. The first-order chi connectivity index (χ1) is 7.81. The third kappa shape index (κ3) is 2.26. The maximum absolute atomic E-state index is 5.20. The Kier molecular flexibility index (Phi) is 3.18. The molecule has 3 heteroatoms. The van der Waals surface area contributed by atoms with Gasteiger partial charge in [-0.2, -0.15) is 0 Å². The van der Waals surface area contributed by atoms with Crippen LogP contribution < -0.4 is 0 Å². The summed E-state index contributed by atoms with van der Waals surface area (Å²) in [5, 5.41) is 0. The number of ether oxygens (including phenoxy) is 1. The van der Waals surface area contributed by atoms with E-state index in [-0.39, 0.29) is 0 Å². The van der Waals surface area contributed by atoms with E-state index in [1.54, 1.807) is 0 Å². The molecule has 0 atom stereocenters. The SMILES string of the molecule is Ic1ccc(C2CN(CC3COC3)C2)cc1. The minimum atomic E-state index is 0.762. The van der Waals surface area contributed by atoms with Crippen LogP contribution in [0.1, 0.15) is 11.5 Å². The molecule has 86 valence electrons. The molecular weight excluding hydrogens is 313 g/mol. The minimum Gasteiger partial charge on any atom is -0.381 e. The molecule has 16 heavy (non-hydrogen) atoms. The molecule has 0 bridgehead atoms. The summed E-state index contributed by atoms with van der Waals surface area (Å²) in [5.74, 6) is 1.57. The fourth-order valence-corrected chi connectivity index (χ4v) is 2.78. The first kappa shape index (κ1) is 11.0. The van der Waals surface area contributed by atoms with Gasteiger partial charge in [0.2, 0.25) is 0 Å². The molecule has 2 heterocycles. The quantitative estimate of drug-likeness (QED) is 0.790. The van der Waals surface area contributed by atoms with Crippen molar-refractivity contribution in [2.75, 3.05) is 32.8 Å². The Hall–Kier alpha value is -0.130. The molecular formula is C13H16INO. The van der Waals surface area contributed by atoms with E-state index in [1.807, 2.05) is 0 Å². The molecule has 2 saturated heterocycles. The normalized spacial score (nSPS) is 22.8. The van der Waals surface area contributed by atoms with Gasteiger partial charge in [-0.05, 0) is 40.3 Å². The van der Waals surface area contributed by atoms with Crippen LogP contribution >= 0.6 is 22.6 Å². The Labute approximate surface area is 110 Å². The summed E-state index contributed by atoms with van der Waals surface area (Å²) in [4.78, 5) is 2.55. The van der Waals surface area contributed by atoms with Gasteiger partial charge in [-0.3, -0.25) is 0 Å². The van der Waals surface area contributed by atoms with Crippen molar-refractivity contribution in [3.8, 4) is 0 Å². The van der Waals surface area contributed by atoms with Gasteiger partial charge < -0.3 is 9.64 Å². The Morgan fingerprint density at radius 2 is 1.88 bits per heavy atom. The zero-order valence-electron chi connectivity index (χ0n) is 9.23. The van der Waals surface area contributed by atoms with E-state index in [4.69, 9.17) is 4.74 Å². The topological polar surface area (TPSA) is 12.5 Å². The smallest absolute Gasteiger partial charge is 0.0528 e. The monoisotopic (exact) mass is 329 g/mol. The molecule has 2 aliphatic heterocycles. The largest absolute Gasteiger partial charge is 0.381 e. The number of halogens is 1. The summed E-state index contributed by atoms with van der Waals surface area (Å²) in [6.07, 6.45) is 0. The highest BCUT2D eigenvalue weighted by Gasteiger charge is 2.31. The highest BCUT2D eigenvalue weighted by atomic mass is 127. The van der Waals surface area contributed by atoms with Crippen LogP contribution in [0.2, 0.25) is 0 Å². The lowest BCUT2D eigenvalue weighted by Crippen LogP contribution is -2.50. The van der Waals surface area contributed by atoms with Crippen molar-refractivity contribution in [3.05, 3.63) is 33.4 Å². The number of benzene rings is 1. The second kappa shape index (κ2) is 4.63. The van der Waals surface area contributed by atoms with Crippen LogP contribution in [0.4, 0.5) is 0 Å². The molecule has 0 spiro atoms. The average molecular weight is 329 g/mol. The van der Waals surface area contributed by atoms with Crippen molar-refractivity contribution in [1.29, 1.82) is 0 Å². The van der Waals surface area contributed by atoms with Gasteiger partial charge in [0, 0.05) is 35.0 Å². The number of likely N-dealkylation sites (tertiary alicyclic amines) is 1. The van der Waals surface area contributed by atoms with Crippen molar-refractivity contribution in [1.82, 2.24) is 4.90 Å². The van der Waals surface area contributed by atoms with E-state index in [9.17, 15) is 0 Å². The summed E-state index contributed by atoms with van der Waals surface area (Å²) < 4.78 is 6.52. The minimum absolute atomic E-state index is 0.762. The fraction of sp³-hybridized carbons (Fsp3) is 0.538. The van der Waals surface area contributed by atoms with Gasteiger partial charge in [0.05, 0.1) is 13.2 Å². The van der Waals surface area contributed by atoms with E-state index in [1.165, 1.54) is 28.8 Å². The van der Waals surface area contributed by atoms with E-state index in [0.29, 0.717) is 0 Å². The number of hydrogen-bond acceptors (Lipinski definition) is 2. The summed E-state index contributed by atoms with van der Waals surface area (Å²) in [6.45, 7) is 5.66. The Balaban J connectivity index is 1.50. The molecule has 0 amide bonds. The first-order valence-electron chi connectivity index (χ1n) is 5.87. The zero-order chi connectivity index (χ0) is 11.0. The third-order valence-corrected chi connectivity index (χ3v) is 4.24. The molecule has 0 radical (unpaired) electrons. The lowest BCUT2D eigenvalue weighted by molar-refractivity contribution is -0.0562. The fourth-order valence-electron chi connectivity index (χ4n) is 2.42. The summed E-state index contributed by atoms with van der Waals surface area (Å²) >= 11 is 2.36. The van der Waals surface area contributed by atoms with E-state index in [0.717, 1.165) is 25.0 Å². The van der Waals surface area contributed by atoms with Crippen LogP contribution in [0.3, 0.4) is 0 Å². The van der Waals surface area contributed by atoms with E-state index in [2.05, 4.69) is 51.8 Å². The molecule has 3 rings (SSSR count). The van der Waals surface area contributed by atoms with Crippen LogP contribution in [-0.4, -0.2) is 37.7 Å². The van der Waals surface area contributed by atoms with Gasteiger partial charge in [-0.25, -0.2) is 0 Å². The van der Waals surface area contributed by atoms with Crippen molar-refractivity contribution in [2.24, 2.45) is 5.92 Å². The second-order valence-electron chi connectivity index (χ2n) is 4.87. The van der Waals surface area contributed by atoms with Gasteiger partial charge in [0.1, 0.15) is 0 Å². The van der Waals surface area contributed by atoms with E-state index < -0.39 is 0 Å². The standard InChI is InChI=1S/C13H16INO/c14-13-3-1-11(2-4-13)12-6-15(7-12)5-10-8-16-9-10/h1-4,10,12H,5-9H2. The number of hydrogen-bond donors (Lipinski definition) is 0. The van der Waals surface area contributed by atoms with Gasteiger partial charge in [-0.15, -0.1) is 0 Å². The lowest BCUT2D eigenvalue weighted by atomic mass is 9.90. The van der Waals surface area contributed by atoms with Gasteiger partial charge >= 0.3 is 0 Å². The molecule has 1 aromatic carbocycles. The molecule has 0 aliphatic carbocycles. The van der Waals surface area contributed by atoms with Crippen molar-refractivity contribution < 1.29 is 4.74 Å². The lowest BCUT2D eigenvalue weighted by Gasteiger charge is -2.43. The van der Waals surface area contributed by atoms with Crippen LogP contribution in [0.15, 0.2) is 24.3 Å². The zero-order valence-corrected chi connectivity index (χ0v) is 11.4. The average Bonchev–Trinajstić information content (AvgIpc) is 2.15. The molecule has 0 aromatic heterocycles. The third-order valence-electron chi connectivity index (χ3n) is 3.52. The van der Waals surface area contributed by atoms with E-state index >= 15 is 0 Å². The van der Waals surface area contributed by atoms with Crippen LogP contribution in [0.5, 0.6) is 0 Å². The summed E-state index contributed by atoms with van der Waals surface area (Å²) in [5.41, 5.74) is 1.50. The highest BCUT2D eigenvalue weighted by molar-refractivity contribution is 14.1. The molecule has 0 unspecified atom stereocenters. The summed E-state index contributed by atoms with van der Waals surface area (Å²) in [7, 11) is 0. The second-order valence-corrected chi connectivity index (χ2v) is 6.12. The molecule has 2 nitrogen and oxygen atoms in total.